The van der Waals surface area contributed by atoms with Gasteiger partial charge in [0.1, 0.15) is 5.75 Å². The number of benzene rings is 2. The zero-order valence-corrected chi connectivity index (χ0v) is 18.4. The molecule has 0 fully saturated rings. The van der Waals surface area contributed by atoms with Crippen LogP contribution in [0.5, 0.6) is 5.75 Å². The number of halogens is 1. The second kappa shape index (κ2) is 7.34. The number of hydrogen-bond donors (Lipinski definition) is 1. The SMILES string of the molecule is CC(C)(C)c1cc(C=C2N=C(c3cccc(Cl)c3)OC2=O)cc(C(C)(C)C)c1O. The molecule has 29 heavy (non-hydrogen) atoms. The van der Waals surface area contributed by atoms with Gasteiger partial charge < -0.3 is 9.84 Å². The summed E-state index contributed by atoms with van der Waals surface area (Å²) >= 11 is 6.03. The Balaban J connectivity index is 2.11. The third kappa shape index (κ3) is 4.54. The highest BCUT2D eigenvalue weighted by Gasteiger charge is 2.28. The maximum atomic E-state index is 12.4. The first-order valence-electron chi connectivity index (χ1n) is 9.53. The molecule has 1 N–H and O–H groups in total. The van der Waals surface area contributed by atoms with Gasteiger partial charge in [-0.2, -0.15) is 0 Å². The fourth-order valence-electron chi connectivity index (χ4n) is 3.20. The van der Waals surface area contributed by atoms with Crippen LogP contribution in [0.2, 0.25) is 5.02 Å². The Bertz CT molecular complexity index is 1000. The van der Waals surface area contributed by atoms with Crippen LogP contribution in [0.25, 0.3) is 6.08 Å². The molecule has 3 rings (SSSR count). The molecule has 0 aliphatic carbocycles. The van der Waals surface area contributed by atoms with Crippen molar-refractivity contribution in [1.82, 2.24) is 0 Å². The molecule has 5 heteroatoms. The number of aromatic hydroxyl groups is 1. The number of esters is 1. The number of nitrogens with zero attached hydrogens (tertiary/aromatic N) is 1. The number of carbonyl (C=O) groups excluding carboxylic acids is 1. The molecule has 1 aliphatic rings. The van der Waals surface area contributed by atoms with Crippen molar-refractivity contribution in [3.8, 4) is 5.75 Å². The van der Waals surface area contributed by atoms with Crippen LogP contribution in [0.3, 0.4) is 0 Å². The molecule has 2 aromatic rings. The van der Waals surface area contributed by atoms with Crippen LogP contribution in [0.1, 0.15) is 63.8 Å². The van der Waals surface area contributed by atoms with Crippen LogP contribution in [0, 0.1) is 0 Å². The van der Waals surface area contributed by atoms with Gasteiger partial charge in [-0.15, -0.1) is 0 Å². The lowest BCUT2D eigenvalue weighted by molar-refractivity contribution is -0.129. The molecule has 152 valence electrons. The van der Waals surface area contributed by atoms with E-state index in [-0.39, 0.29) is 22.4 Å². The van der Waals surface area contributed by atoms with Crippen molar-refractivity contribution in [2.24, 2.45) is 4.99 Å². The molecule has 0 bridgehead atoms. The topological polar surface area (TPSA) is 58.9 Å². The first kappa shape index (κ1) is 21.1. The predicted octanol–water partition coefficient (Wildman–Crippen LogP) is 5.99. The number of ether oxygens (including phenoxy) is 1. The van der Waals surface area contributed by atoms with E-state index in [2.05, 4.69) is 4.99 Å². The normalized spacial score (nSPS) is 16.2. The average Bonchev–Trinajstić information content (AvgIpc) is 2.95. The van der Waals surface area contributed by atoms with Crippen LogP contribution in [-0.4, -0.2) is 17.0 Å². The number of cyclic esters (lactones) is 1. The lowest BCUT2D eigenvalue weighted by atomic mass is 9.78. The molecule has 0 spiro atoms. The number of phenols is 1. The minimum absolute atomic E-state index is 0.213. The highest BCUT2D eigenvalue weighted by molar-refractivity contribution is 6.31. The van der Waals surface area contributed by atoms with E-state index in [0.29, 0.717) is 16.3 Å². The van der Waals surface area contributed by atoms with Gasteiger partial charge in [0.05, 0.1) is 0 Å². The van der Waals surface area contributed by atoms with Crippen molar-refractivity contribution < 1.29 is 14.6 Å². The van der Waals surface area contributed by atoms with E-state index in [4.69, 9.17) is 16.3 Å². The molecule has 0 radical (unpaired) electrons. The number of aliphatic imine (C=N–C) groups is 1. The number of phenolic OH excluding ortho intramolecular Hbond substituents is 1. The molecule has 0 aromatic heterocycles. The van der Waals surface area contributed by atoms with E-state index in [1.807, 2.05) is 53.7 Å². The highest BCUT2D eigenvalue weighted by Crippen LogP contribution is 2.40. The summed E-state index contributed by atoms with van der Waals surface area (Å²) in [4.78, 5) is 16.8. The minimum Gasteiger partial charge on any atom is -0.507 e. The summed E-state index contributed by atoms with van der Waals surface area (Å²) in [6, 6.07) is 10.8. The standard InChI is InChI=1S/C24H26ClNO3/c1-23(2,3)17-10-14(11-18(20(17)27)24(4,5)6)12-19-22(28)29-21(26-19)15-8-7-9-16(25)13-15/h7-13,27H,1-6H3. The summed E-state index contributed by atoms with van der Waals surface area (Å²) in [6.07, 6.45) is 1.70. The fraction of sp³-hybridized carbons (Fsp3) is 0.333. The van der Waals surface area contributed by atoms with Crippen LogP contribution in [-0.2, 0) is 20.4 Å². The van der Waals surface area contributed by atoms with Crippen molar-refractivity contribution >= 4 is 29.5 Å². The van der Waals surface area contributed by atoms with Gasteiger partial charge in [0.2, 0.25) is 5.90 Å². The van der Waals surface area contributed by atoms with E-state index in [9.17, 15) is 9.90 Å². The summed E-state index contributed by atoms with van der Waals surface area (Å²) < 4.78 is 5.34. The van der Waals surface area contributed by atoms with Gasteiger partial charge in [0.15, 0.2) is 5.70 Å². The maximum Gasteiger partial charge on any atom is 0.363 e. The predicted molar refractivity (Wildman–Crippen MR) is 118 cm³/mol. The molecule has 0 unspecified atom stereocenters. The molecule has 0 atom stereocenters. The average molecular weight is 412 g/mol. The molecule has 1 heterocycles. The van der Waals surface area contributed by atoms with Crippen molar-refractivity contribution in [2.75, 3.05) is 0 Å². The second-order valence-corrected chi connectivity index (χ2v) is 9.75. The lowest BCUT2D eigenvalue weighted by Gasteiger charge is -2.27. The molecular weight excluding hydrogens is 386 g/mol. The smallest absolute Gasteiger partial charge is 0.363 e. The Morgan fingerprint density at radius 1 is 1.00 bits per heavy atom. The van der Waals surface area contributed by atoms with Crippen LogP contribution in [0.4, 0.5) is 0 Å². The zero-order chi connectivity index (χ0) is 21.6. The summed E-state index contributed by atoms with van der Waals surface area (Å²) in [5, 5.41) is 11.4. The summed E-state index contributed by atoms with van der Waals surface area (Å²) in [7, 11) is 0. The third-order valence-electron chi connectivity index (χ3n) is 4.74. The molecule has 1 aliphatic heterocycles. The first-order valence-corrected chi connectivity index (χ1v) is 9.90. The third-order valence-corrected chi connectivity index (χ3v) is 4.98. The number of hydrogen-bond acceptors (Lipinski definition) is 4. The van der Waals surface area contributed by atoms with E-state index in [1.54, 1.807) is 30.3 Å². The van der Waals surface area contributed by atoms with Gasteiger partial charge in [0.25, 0.3) is 0 Å². The molecule has 4 nitrogen and oxygen atoms in total. The quantitative estimate of drug-likeness (QED) is 0.488. The summed E-state index contributed by atoms with van der Waals surface area (Å²) in [6.45, 7) is 12.3. The Morgan fingerprint density at radius 3 is 2.10 bits per heavy atom. The first-order chi connectivity index (χ1) is 13.4. The van der Waals surface area contributed by atoms with E-state index in [1.165, 1.54) is 0 Å². The molecule has 0 amide bonds. The second-order valence-electron chi connectivity index (χ2n) is 9.31. The van der Waals surface area contributed by atoms with Crippen LogP contribution in [0.15, 0.2) is 47.1 Å². The zero-order valence-electron chi connectivity index (χ0n) is 17.6. The minimum atomic E-state index is -0.511. The number of carbonyl (C=O) groups is 1. The van der Waals surface area contributed by atoms with E-state index < -0.39 is 5.97 Å². The largest absolute Gasteiger partial charge is 0.507 e. The highest BCUT2D eigenvalue weighted by atomic mass is 35.5. The Labute approximate surface area is 176 Å². The van der Waals surface area contributed by atoms with Crippen molar-refractivity contribution in [3.63, 3.8) is 0 Å². The Morgan fingerprint density at radius 2 is 1.59 bits per heavy atom. The van der Waals surface area contributed by atoms with Crippen molar-refractivity contribution in [3.05, 3.63) is 69.4 Å². The monoisotopic (exact) mass is 411 g/mol. The fourth-order valence-corrected chi connectivity index (χ4v) is 3.39. The maximum absolute atomic E-state index is 12.4. The van der Waals surface area contributed by atoms with Gasteiger partial charge in [-0.3, -0.25) is 0 Å². The van der Waals surface area contributed by atoms with Crippen LogP contribution >= 0.6 is 11.6 Å². The molecule has 2 aromatic carbocycles. The summed E-state index contributed by atoms with van der Waals surface area (Å²) in [5.74, 6) is 0.0153. The van der Waals surface area contributed by atoms with Gasteiger partial charge in [-0.05, 0) is 52.8 Å². The van der Waals surface area contributed by atoms with Gasteiger partial charge in [-0.25, -0.2) is 9.79 Å². The van der Waals surface area contributed by atoms with Gasteiger partial charge in [0, 0.05) is 21.7 Å². The van der Waals surface area contributed by atoms with E-state index in [0.717, 1.165) is 16.7 Å². The Hall–Kier alpha value is -2.59. The number of rotatable bonds is 2. The van der Waals surface area contributed by atoms with Gasteiger partial charge >= 0.3 is 5.97 Å². The summed E-state index contributed by atoms with van der Waals surface area (Å²) in [5.41, 5.74) is 2.77. The van der Waals surface area contributed by atoms with Gasteiger partial charge in [-0.1, -0.05) is 59.2 Å². The molecule has 0 saturated carbocycles. The molecular formula is C24H26ClNO3. The van der Waals surface area contributed by atoms with Crippen molar-refractivity contribution in [1.29, 1.82) is 0 Å². The molecule has 0 saturated heterocycles. The Kier molecular flexibility index (Phi) is 5.35. The van der Waals surface area contributed by atoms with E-state index >= 15 is 0 Å². The lowest BCUT2D eigenvalue weighted by Crippen LogP contribution is -2.17. The van der Waals surface area contributed by atoms with Crippen LogP contribution < -0.4 is 0 Å². The van der Waals surface area contributed by atoms with Crippen molar-refractivity contribution in [2.45, 2.75) is 52.4 Å².